The highest BCUT2D eigenvalue weighted by molar-refractivity contribution is 5.25. The molecule has 1 aromatic rings. The number of hydrogen-bond acceptors (Lipinski definition) is 3. The molecule has 3 heteroatoms. The lowest BCUT2D eigenvalue weighted by atomic mass is 9.86. The molecule has 112 valence electrons. The van der Waals surface area contributed by atoms with Gasteiger partial charge in [-0.3, -0.25) is 0 Å². The van der Waals surface area contributed by atoms with E-state index < -0.39 is 0 Å². The predicted octanol–water partition coefficient (Wildman–Crippen LogP) is 2.36. The molecular weight excluding hydrogens is 248 g/mol. The molecule has 1 saturated carbocycles. The molecule has 20 heavy (non-hydrogen) atoms. The zero-order valence-corrected chi connectivity index (χ0v) is 13.0. The van der Waals surface area contributed by atoms with E-state index >= 15 is 0 Å². The van der Waals surface area contributed by atoms with Gasteiger partial charge < -0.3 is 15.3 Å². The van der Waals surface area contributed by atoms with Crippen molar-refractivity contribution in [2.75, 3.05) is 20.2 Å². The van der Waals surface area contributed by atoms with Gasteiger partial charge in [-0.05, 0) is 39.3 Å². The van der Waals surface area contributed by atoms with Crippen LogP contribution in [-0.4, -0.2) is 42.3 Å². The third-order valence-electron chi connectivity index (χ3n) is 4.38. The Labute approximate surface area is 123 Å². The van der Waals surface area contributed by atoms with E-state index in [1.165, 1.54) is 24.8 Å². The lowest BCUT2D eigenvalue weighted by Crippen LogP contribution is -2.57. The summed E-state index contributed by atoms with van der Waals surface area (Å²) in [7, 11) is 2.18. The van der Waals surface area contributed by atoms with Gasteiger partial charge in [0.05, 0.1) is 12.1 Å². The van der Waals surface area contributed by atoms with Crippen molar-refractivity contribution in [1.29, 1.82) is 0 Å². The van der Waals surface area contributed by atoms with Crippen LogP contribution in [0, 0.1) is 0 Å². The van der Waals surface area contributed by atoms with Crippen molar-refractivity contribution in [2.45, 2.75) is 50.7 Å². The molecular formula is C17H28N2O. The fourth-order valence-electron chi connectivity index (χ4n) is 3.10. The summed E-state index contributed by atoms with van der Waals surface area (Å²) in [6, 6.07) is 11.4. The van der Waals surface area contributed by atoms with Crippen molar-refractivity contribution in [2.24, 2.45) is 0 Å². The zero-order chi connectivity index (χ0) is 14.6. The SMILES string of the molecule is CC(C)NC(CO)(CN(C)C1CCC1)c1ccccc1. The average Bonchev–Trinajstić information content (AvgIpc) is 2.36. The van der Waals surface area contributed by atoms with Gasteiger partial charge in [-0.15, -0.1) is 0 Å². The molecule has 0 amide bonds. The number of aliphatic hydroxyl groups excluding tert-OH is 1. The Hall–Kier alpha value is -0.900. The quantitative estimate of drug-likeness (QED) is 0.802. The van der Waals surface area contributed by atoms with Crippen LogP contribution in [0.4, 0.5) is 0 Å². The molecule has 1 aliphatic carbocycles. The van der Waals surface area contributed by atoms with Crippen molar-refractivity contribution in [3.63, 3.8) is 0 Å². The number of rotatable bonds is 7. The molecule has 1 fully saturated rings. The highest BCUT2D eigenvalue weighted by Gasteiger charge is 2.35. The number of nitrogens with zero attached hydrogens (tertiary/aromatic N) is 1. The zero-order valence-electron chi connectivity index (χ0n) is 13.0. The van der Waals surface area contributed by atoms with Gasteiger partial charge >= 0.3 is 0 Å². The second kappa shape index (κ2) is 6.70. The minimum atomic E-state index is -0.375. The standard InChI is InChI=1S/C17H28N2O/c1-14(2)18-17(13-20,15-8-5-4-6-9-15)12-19(3)16-10-7-11-16/h4-6,8-9,14,16,18,20H,7,10-13H2,1-3H3. The Bertz CT molecular complexity index is 403. The highest BCUT2D eigenvalue weighted by Crippen LogP contribution is 2.28. The molecule has 0 aliphatic heterocycles. The van der Waals surface area contributed by atoms with Gasteiger partial charge in [-0.1, -0.05) is 36.8 Å². The summed E-state index contributed by atoms with van der Waals surface area (Å²) < 4.78 is 0. The van der Waals surface area contributed by atoms with Crippen molar-refractivity contribution in [3.8, 4) is 0 Å². The number of benzene rings is 1. The summed E-state index contributed by atoms with van der Waals surface area (Å²) >= 11 is 0. The molecule has 0 heterocycles. The van der Waals surface area contributed by atoms with Crippen molar-refractivity contribution in [1.82, 2.24) is 10.2 Å². The molecule has 0 radical (unpaired) electrons. The van der Waals surface area contributed by atoms with Crippen LogP contribution in [0.2, 0.25) is 0 Å². The van der Waals surface area contributed by atoms with Gasteiger partial charge in [0.15, 0.2) is 0 Å². The first-order valence-corrected chi connectivity index (χ1v) is 7.72. The Morgan fingerprint density at radius 1 is 1.30 bits per heavy atom. The summed E-state index contributed by atoms with van der Waals surface area (Å²) in [5.41, 5.74) is 0.794. The van der Waals surface area contributed by atoms with E-state index in [4.69, 9.17) is 0 Å². The number of aliphatic hydroxyl groups is 1. The number of likely N-dealkylation sites (N-methyl/N-ethyl adjacent to an activating group) is 1. The van der Waals surface area contributed by atoms with E-state index in [2.05, 4.69) is 43.2 Å². The molecule has 0 aromatic heterocycles. The topological polar surface area (TPSA) is 35.5 Å². The summed E-state index contributed by atoms with van der Waals surface area (Å²) in [4.78, 5) is 2.40. The monoisotopic (exact) mass is 276 g/mol. The van der Waals surface area contributed by atoms with Gasteiger partial charge in [0.2, 0.25) is 0 Å². The van der Waals surface area contributed by atoms with Crippen LogP contribution in [0.5, 0.6) is 0 Å². The third kappa shape index (κ3) is 3.40. The summed E-state index contributed by atoms with van der Waals surface area (Å²) in [5.74, 6) is 0. The van der Waals surface area contributed by atoms with Crippen LogP contribution in [-0.2, 0) is 5.54 Å². The first-order chi connectivity index (χ1) is 9.57. The smallest absolute Gasteiger partial charge is 0.0799 e. The lowest BCUT2D eigenvalue weighted by Gasteiger charge is -2.43. The molecule has 0 saturated heterocycles. The number of nitrogens with one attached hydrogen (secondary N) is 1. The fourth-order valence-corrected chi connectivity index (χ4v) is 3.10. The fraction of sp³-hybridized carbons (Fsp3) is 0.647. The first-order valence-electron chi connectivity index (χ1n) is 7.72. The average molecular weight is 276 g/mol. The van der Waals surface area contributed by atoms with Gasteiger partial charge in [0, 0.05) is 18.6 Å². The minimum absolute atomic E-state index is 0.117. The Balaban J connectivity index is 2.22. The van der Waals surface area contributed by atoms with Crippen molar-refractivity contribution < 1.29 is 5.11 Å². The highest BCUT2D eigenvalue weighted by atomic mass is 16.3. The van der Waals surface area contributed by atoms with E-state index in [0.29, 0.717) is 12.1 Å². The van der Waals surface area contributed by atoms with Crippen LogP contribution in [0.1, 0.15) is 38.7 Å². The first kappa shape index (κ1) is 15.5. The van der Waals surface area contributed by atoms with Crippen LogP contribution in [0.3, 0.4) is 0 Å². The second-order valence-electron chi connectivity index (χ2n) is 6.41. The van der Waals surface area contributed by atoms with Crippen molar-refractivity contribution >= 4 is 0 Å². The predicted molar refractivity (Wildman–Crippen MR) is 83.7 cm³/mol. The summed E-state index contributed by atoms with van der Waals surface area (Å²) in [5, 5.41) is 13.7. The van der Waals surface area contributed by atoms with Gasteiger partial charge in [-0.25, -0.2) is 0 Å². The third-order valence-corrected chi connectivity index (χ3v) is 4.38. The van der Waals surface area contributed by atoms with E-state index in [0.717, 1.165) is 6.54 Å². The van der Waals surface area contributed by atoms with E-state index in [1.807, 2.05) is 18.2 Å². The van der Waals surface area contributed by atoms with Crippen LogP contribution in [0.25, 0.3) is 0 Å². The Morgan fingerprint density at radius 3 is 2.40 bits per heavy atom. The molecule has 2 rings (SSSR count). The summed E-state index contributed by atoms with van der Waals surface area (Å²) in [6.45, 7) is 5.23. The minimum Gasteiger partial charge on any atom is -0.394 e. The van der Waals surface area contributed by atoms with E-state index in [9.17, 15) is 5.11 Å². The normalized spacial score (nSPS) is 19.1. The lowest BCUT2D eigenvalue weighted by molar-refractivity contribution is 0.0691. The maximum absolute atomic E-state index is 10.1. The van der Waals surface area contributed by atoms with E-state index in [1.54, 1.807) is 0 Å². The van der Waals surface area contributed by atoms with E-state index in [-0.39, 0.29) is 12.1 Å². The van der Waals surface area contributed by atoms with Crippen LogP contribution >= 0.6 is 0 Å². The van der Waals surface area contributed by atoms with Gasteiger partial charge in [-0.2, -0.15) is 0 Å². The molecule has 1 unspecified atom stereocenters. The van der Waals surface area contributed by atoms with Crippen LogP contribution in [0.15, 0.2) is 30.3 Å². The number of hydrogen-bond donors (Lipinski definition) is 2. The maximum atomic E-state index is 10.1. The largest absolute Gasteiger partial charge is 0.394 e. The van der Waals surface area contributed by atoms with Crippen LogP contribution < -0.4 is 5.32 Å². The Kier molecular flexibility index (Phi) is 5.19. The molecule has 2 N–H and O–H groups in total. The van der Waals surface area contributed by atoms with Gasteiger partial charge in [0.25, 0.3) is 0 Å². The Morgan fingerprint density at radius 2 is 1.95 bits per heavy atom. The second-order valence-corrected chi connectivity index (χ2v) is 6.41. The molecule has 3 nitrogen and oxygen atoms in total. The molecule has 1 atom stereocenters. The van der Waals surface area contributed by atoms with Gasteiger partial charge in [0.1, 0.15) is 0 Å². The molecule has 1 aliphatic rings. The molecule has 1 aromatic carbocycles. The molecule has 0 bridgehead atoms. The van der Waals surface area contributed by atoms with Crippen molar-refractivity contribution in [3.05, 3.63) is 35.9 Å². The molecule has 0 spiro atoms. The summed E-state index contributed by atoms with van der Waals surface area (Å²) in [6.07, 6.45) is 3.91. The maximum Gasteiger partial charge on any atom is 0.0799 e.